The van der Waals surface area contributed by atoms with Crippen LogP contribution in [0.4, 0.5) is 0 Å². The van der Waals surface area contributed by atoms with Gasteiger partial charge in [0, 0.05) is 8.07 Å². The van der Waals surface area contributed by atoms with Gasteiger partial charge in [-0.15, -0.1) is 0 Å². The topological polar surface area (TPSA) is 37.3 Å². The second kappa shape index (κ2) is 6.74. The van der Waals surface area contributed by atoms with Gasteiger partial charge in [-0.05, 0) is 30.5 Å². The van der Waals surface area contributed by atoms with Crippen LogP contribution in [0.25, 0.3) is 0 Å². The highest BCUT2D eigenvalue weighted by molar-refractivity contribution is 6.77. The number of hydrogen-bond donors (Lipinski definition) is 1. The Morgan fingerprint density at radius 3 is 2.28 bits per heavy atom. The lowest BCUT2D eigenvalue weighted by Gasteiger charge is -2.19. The third-order valence-electron chi connectivity index (χ3n) is 3.73. The maximum atomic E-state index is 10.7. The van der Waals surface area contributed by atoms with Crippen LogP contribution in [0, 0.1) is 0 Å². The molecule has 0 aliphatic carbocycles. The maximum Gasteiger partial charge on any atom is 0.335 e. The lowest BCUT2D eigenvalue weighted by atomic mass is 10.1. The highest BCUT2D eigenvalue weighted by Crippen LogP contribution is 2.19. The van der Waals surface area contributed by atoms with E-state index >= 15 is 0 Å². The summed E-state index contributed by atoms with van der Waals surface area (Å²) in [5.41, 5.74) is 1.62. The SMILES string of the molecule is CC[Si](C)(C)CCCCc1ccc(C(=O)O)cc1. The fourth-order valence-electron chi connectivity index (χ4n) is 1.92. The number of carboxylic acids is 1. The van der Waals surface area contributed by atoms with Crippen LogP contribution in [-0.2, 0) is 6.42 Å². The lowest BCUT2D eigenvalue weighted by Crippen LogP contribution is -2.22. The first-order chi connectivity index (χ1) is 8.44. The minimum atomic E-state index is -0.917. The molecular weight excluding hydrogens is 240 g/mol. The summed E-state index contributed by atoms with van der Waals surface area (Å²) in [7, 11) is -0.917. The zero-order valence-electron chi connectivity index (χ0n) is 11.7. The van der Waals surface area contributed by atoms with Crippen molar-refractivity contribution in [3.63, 3.8) is 0 Å². The summed E-state index contributed by atoms with van der Waals surface area (Å²) in [6.07, 6.45) is 3.57. The van der Waals surface area contributed by atoms with Crippen LogP contribution >= 0.6 is 0 Å². The molecule has 0 aromatic heterocycles. The number of aryl methyl sites for hydroxylation is 1. The number of rotatable bonds is 7. The molecular formula is C15H24O2Si. The molecule has 0 amide bonds. The summed E-state index contributed by atoms with van der Waals surface area (Å²) in [5, 5.41) is 8.81. The van der Waals surface area contributed by atoms with E-state index in [1.165, 1.54) is 30.5 Å². The smallest absolute Gasteiger partial charge is 0.335 e. The molecule has 18 heavy (non-hydrogen) atoms. The molecule has 0 aliphatic rings. The molecule has 0 spiro atoms. The predicted octanol–water partition coefficient (Wildman–Crippen LogP) is 4.44. The van der Waals surface area contributed by atoms with Crippen LogP contribution in [0.3, 0.4) is 0 Å². The quantitative estimate of drug-likeness (QED) is 0.584. The Morgan fingerprint density at radius 1 is 1.17 bits per heavy atom. The second-order valence-electron chi connectivity index (χ2n) is 5.73. The Bertz CT molecular complexity index is 382. The third kappa shape index (κ3) is 5.04. The van der Waals surface area contributed by atoms with E-state index in [9.17, 15) is 4.79 Å². The van der Waals surface area contributed by atoms with Gasteiger partial charge in [0.05, 0.1) is 5.56 Å². The van der Waals surface area contributed by atoms with Gasteiger partial charge in [-0.25, -0.2) is 4.79 Å². The number of hydrogen-bond acceptors (Lipinski definition) is 1. The first-order valence-electron chi connectivity index (χ1n) is 6.77. The third-order valence-corrected chi connectivity index (χ3v) is 7.35. The van der Waals surface area contributed by atoms with Gasteiger partial charge in [0.1, 0.15) is 0 Å². The van der Waals surface area contributed by atoms with Gasteiger partial charge in [-0.3, -0.25) is 0 Å². The van der Waals surface area contributed by atoms with Crippen molar-refractivity contribution in [1.29, 1.82) is 0 Å². The second-order valence-corrected chi connectivity index (χ2v) is 11.3. The minimum absolute atomic E-state index is 0.373. The van der Waals surface area contributed by atoms with Gasteiger partial charge in [-0.1, -0.05) is 50.7 Å². The Labute approximate surface area is 111 Å². The minimum Gasteiger partial charge on any atom is -0.478 e. The molecule has 0 saturated heterocycles. The number of benzene rings is 1. The number of unbranched alkanes of at least 4 members (excludes halogenated alkanes) is 1. The average Bonchev–Trinajstić information content (AvgIpc) is 2.35. The average molecular weight is 264 g/mol. The van der Waals surface area contributed by atoms with Crippen molar-refractivity contribution in [3.05, 3.63) is 35.4 Å². The van der Waals surface area contributed by atoms with Gasteiger partial charge in [-0.2, -0.15) is 0 Å². The Balaban J connectivity index is 2.34. The molecule has 0 radical (unpaired) electrons. The summed E-state index contributed by atoms with van der Waals surface area (Å²) in [4.78, 5) is 10.7. The van der Waals surface area contributed by atoms with Crippen molar-refractivity contribution in [1.82, 2.24) is 0 Å². The molecule has 0 heterocycles. The molecule has 1 aromatic rings. The highest BCUT2D eigenvalue weighted by atomic mass is 28.3. The van der Waals surface area contributed by atoms with E-state index < -0.39 is 14.0 Å². The van der Waals surface area contributed by atoms with Crippen LogP contribution in [-0.4, -0.2) is 19.1 Å². The van der Waals surface area contributed by atoms with Gasteiger partial charge >= 0.3 is 5.97 Å². The van der Waals surface area contributed by atoms with Crippen molar-refractivity contribution in [3.8, 4) is 0 Å². The van der Waals surface area contributed by atoms with E-state index in [-0.39, 0.29) is 0 Å². The molecule has 2 nitrogen and oxygen atoms in total. The molecule has 0 atom stereocenters. The normalized spacial score (nSPS) is 11.5. The van der Waals surface area contributed by atoms with Crippen LogP contribution in [0.1, 0.15) is 35.7 Å². The Morgan fingerprint density at radius 2 is 1.78 bits per heavy atom. The van der Waals surface area contributed by atoms with Crippen molar-refractivity contribution in [2.24, 2.45) is 0 Å². The van der Waals surface area contributed by atoms with Crippen LogP contribution in [0.15, 0.2) is 24.3 Å². The van der Waals surface area contributed by atoms with Gasteiger partial charge < -0.3 is 5.11 Å². The Kier molecular flexibility index (Phi) is 5.60. The van der Waals surface area contributed by atoms with Gasteiger partial charge in [0.15, 0.2) is 0 Å². The molecule has 3 heteroatoms. The largest absolute Gasteiger partial charge is 0.478 e. The summed E-state index contributed by atoms with van der Waals surface area (Å²) in [5.74, 6) is -0.850. The zero-order valence-corrected chi connectivity index (χ0v) is 12.7. The van der Waals surface area contributed by atoms with Crippen LogP contribution in [0.5, 0.6) is 0 Å². The maximum absolute atomic E-state index is 10.7. The van der Waals surface area contributed by atoms with Gasteiger partial charge in [0.2, 0.25) is 0 Å². The van der Waals surface area contributed by atoms with E-state index in [1.54, 1.807) is 12.1 Å². The first kappa shape index (κ1) is 15.0. The van der Waals surface area contributed by atoms with E-state index in [0.29, 0.717) is 5.56 Å². The van der Waals surface area contributed by atoms with Crippen molar-refractivity contribution in [2.75, 3.05) is 0 Å². The van der Waals surface area contributed by atoms with Crippen molar-refractivity contribution >= 4 is 14.0 Å². The first-order valence-corrected chi connectivity index (χ1v) is 10.2. The predicted molar refractivity (Wildman–Crippen MR) is 79.1 cm³/mol. The Hall–Kier alpha value is -1.09. The lowest BCUT2D eigenvalue weighted by molar-refractivity contribution is 0.0697. The number of carbonyl (C=O) groups is 1. The van der Waals surface area contributed by atoms with E-state index in [1.807, 2.05) is 12.1 Å². The molecule has 100 valence electrons. The van der Waals surface area contributed by atoms with Crippen molar-refractivity contribution < 1.29 is 9.90 Å². The molecule has 0 bridgehead atoms. The fraction of sp³-hybridized carbons (Fsp3) is 0.533. The van der Waals surface area contributed by atoms with Crippen LogP contribution in [0.2, 0.25) is 25.2 Å². The molecule has 0 fully saturated rings. The molecule has 1 aromatic carbocycles. The van der Waals surface area contributed by atoms with Gasteiger partial charge in [0.25, 0.3) is 0 Å². The summed E-state index contributed by atoms with van der Waals surface area (Å²) in [6, 6.07) is 10.0. The molecule has 0 aliphatic heterocycles. The van der Waals surface area contributed by atoms with E-state index in [4.69, 9.17) is 5.11 Å². The zero-order chi connectivity index (χ0) is 13.6. The van der Waals surface area contributed by atoms with Crippen LogP contribution < -0.4 is 0 Å². The molecule has 1 N–H and O–H groups in total. The number of carboxylic acid groups (broad SMARTS) is 1. The summed E-state index contributed by atoms with van der Waals surface area (Å²) in [6.45, 7) is 7.21. The summed E-state index contributed by atoms with van der Waals surface area (Å²) >= 11 is 0. The monoisotopic (exact) mass is 264 g/mol. The number of aromatic carboxylic acids is 1. The fourth-order valence-corrected chi connectivity index (χ4v) is 3.48. The molecule has 1 rings (SSSR count). The summed E-state index contributed by atoms with van der Waals surface area (Å²) < 4.78 is 0. The molecule has 0 unspecified atom stereocenters. The molecule has 0 saturated carbocycles. The van der Waals surface area contributed by atoms with E-state index in [2.05, 4.69) is 20.0 Å². The van der Waals surface area contributed by atoms with E-state index in [0.717, 1.165) is 6.42 Å². The standard InChI is InChI=1S/C15H24O2Si/c1-4-18(2,3)12-6-5-7-13-8-10-14(11-9-13)15(16)17/h8-11H,4-7,12H2,1-3H3,(H,16,17). The highest BCUT2D eigenvalue weighted by Gasteiger charge is 2.16. The van der Waals surface area contributed by atoms with Crippen molar-refractivity contribution in [2.45, 2.75) is 51.4 Å².